The predicted octanol–water partition coefficient (Wildman–Crippen LogP) is 3.55. The van der Waals surface area contributed by atoms with E-state index in [0.717, 1.165) is 11.3 Å². The summed E-state index contributed by atoms with van der Waals surface area (Å²) in [4.78, 5) is 0. The Morgan fingerprint density at radius 2 is 1.67 bits per heavy atom. The molecular weight excluding hydrogens is 278 g/mol. The minimum absolute atomic E-state index is 0.427. The molecule has 0 aliphatic rings. The van der Waals surface area contributed by atoms with Gasteiger partial charge >= 0.3 is 0 Å². The van der Waals surface area contributed by atoms with Gasteiger partial charge in [-0.1, -0.05) is 42.0 Å². The monoisotopic (exact) mass is 295 g/mol. The summed E-state index contributed by atoms with van der Waals surface area (Å²) >= 11 is 5.27. The minimum atomic E-state index is 0.427. The molecule has 0 spiro atoms. The SMILES string of the molecule is Cc1ccc(CNC(=S)Nc2ccc(CC#N)cc2)cc1. The fourth-order valence-electron chi connectivity index (χ4n) is 1.86. The summed E-state index contributed by atoms with van der Waals surface area (Å²) in [5.41, 5.74) is 4.35. The summed E-state index contributed by atoms with van der Waals surface area (Å²) in [7, 11) is 0. The summed E-state index contributed by atoms with van der Waals surface area (Å²) in [6.07, 6.45) is 0.427. The van der Waals surface area contributed by atoms with Crippen LogP contribution in [0.2, 0.25) is 0 Å². The number of nitriles is 1. The molecule has 0 aliphatic carbocycles. The van der Waals surface area contributed by atoms with E-state index < -0.39 is 0 Å². The van der Waals surface area contributed by atoms with E-state index in [0.29, 0.717) is 18.1 Å². The molecule has 0 fully saturated rings. The smallest absolute Gasteiger partial charge is 0.171 e. The zero-order valence-corrected chi connectivity index (χ0v) is 12.7. The third-order valence-corrected chi connectivity index (χ3v) is 3.32. The van der Waals surface area contributed by atoms with Crippen molar-refractivity contribution in [3.05, 3.63) is 65.2 Å². The van der Waals surface area contributed by atoms with Crippen molar-refractivity contribution in [2.75, 3.05) is 5.32 Å². The van der Waals surface area contributed by atoms with Crippen LogP contribution in [-0.2, 0) is 13.0 Å². The summed E-state index contributed by atoms with van der Waals surface area (Å²) in [6.45, 7) is 2.76. The first-order valence-corrected chi connectivity index (χ1v) is 7.14. The van der Waals surface area contributed by atoms with Gasteiger partial charge in [0.15, 0.2) is 5.11 Å². The molecule has 0 amide bonds. The molecule has 106 valence electrons. The van der Waals surface area contributed by atoms with Crippen molar-refractivity contribution in [1.29, 1.82) is 5.26 Å². The molecule has 4 heteroatoms. The first-order chi connectivity index (χ1) is 10.2. The number of nitrogens with one attached hydrogen (secondary N) is 2. The van der Waals surface area contributed by atoms with Crippen molar-refractivity contribution in [2.24, 2.45) is 0 Å². The number of anilines is 1. The molecule has 0 unspecified atom stereocenters. The van der Waals surface area contributed by atoms with Gasteiger partial charge in [-0.05, 0) is 42.4 Å². The maximum Gasteiger partial charge on any atom is 0.171 e. The average molecular weight is 295 g/mol. The van der Waals surface area contributed by atoms with Gasteiger partial charge in [0.25, 0.3) is 0 Å². The van der Waals surface area contributed by atoms with E-state index in [2.05, 4.69) is 47.9 Å². The van der Waals surface area contributed by atoms with Crippen molar-refractivity contribution >= 4 is 23.0 Å². The normalized spacial score (nSPS) is 9.71. The van der Waals surface area contributed by atoms with Gasteiger partial charge in [0.05, 0.1) is 12.5 Å². The first-order valence-electron chi connectivity index (χ1n) is 6.73. The molecular formula is C17H17N3S. The number of thiocarbonyl (C=S) groups is 1. The maximum absolute atomic E-state index is 8.63. The van der Waals surface area contributed by atoms with Crippen LogP contribution in [-0.4, -0.2) is 5.11 Å². The fraction of sp³-hybridized carbons (Fsp3) is 0.176. The van der Waals surface area contributed by atoms with Crippen molar-refractivity contribution < 1.29 is 0 Å². The number of nitrogens with zero attached hydrogens (tertiary/aromatic N) is 1. The third kappa shape index (κ3) is 4.90. The van der Waals surface area contributed by atoms with Gasteiger partial charge in [0, 0.05) is 12.2 Å². The van der Waals surface area contributed by atoms with Gasteiger partial charge in [-0.25, -0.2) is 0 Å². The van der Waals surface area contributed by atoms with Crippen LogP contribution in [0.15, 0.2) is 48.5 Å². The van der Waals surface area contributed by atoms with E-state index in [1.807, 2.05) is 24.3 Å². The lowest BCUT2D eigenvalue weighted by Gasteiger charge is -2.11. The number of rotatable bonds is 4. The van der Waals surface area contributed by atoms with E-state index in [1.165, 1.54) is 11.1 Å². The van der Waals surface area contributed by atoms with Crippen LogP contribution in [0.3, 0.4) is 0 Å². The lowest BCUT2D eigenvalue weighted by atomic mass is 10.1. The van der Waals surface area contributed by atoms with Crippen LogP contribution < -0.4 is 10.6 Å². The summed E-state index contributed by atoms with van der Waals surface area (Å²) in [5, 5.41) is 15.5. The summed E-state index contributed by atoms with van der Waals surface area (Å²) < 4.78 is 0. The van der Waals surface area contributed by atoms with Crippen LogP contribution in [0.1, 0.15) is 16.7 Å². The summed E-state index contributed by atoms with van der Waals surface area (Å²) in [5.74, 6) is 0. The Labute approximate surface area is 130 Å². The number of hydrogen-bond acceptors (Lipinski definition) is 2. The molecule has 2 aromatic rings. The second-order valence-electron chi connectivity index (χ2n) is 4.83. The van der Waals surface area contributed by atoms with E-state index in [9.17, 15) is 0 Å². The molecule has 0 aliphatic heterocycles. The average Bonchev–Trinajstić information content (AvgIpc) is 2.49. The molecule has 2 N–H and O–H groups in total. The van der Waals surface area contributed by atoms with Crippen LogP contribution in [0.25, 0.3) is 0 Å². The molecule has 3 nitrogen and oxygen atoms in total. The molecule has 0 saturated heterocycles. The Bertz CT molecular complexity index is 639. The quantitative estimate of drug-likeness (QED) is 0.847. The van der Waals surface area contributed by atoms with Gasteiger partial charge < -0.3 is 10.6 Å². The number of aryl methyl sites for hydroxylation is 1. The summed E-state index contributed by atoms with van der Waals surface area (Å²) in [6, 6.07) is 18.2. The van der Waals surface area contributed by atoms with Crippen molar-refractivity contribution in [3.8, 4) is 6.07 Å². The second-order valence-corrected chi connectivity index (χ2v) is 5.23. The third-order valence-electron chi connectivity index (χ3n) is 3.07. The van der Waals surface area contributed by atoms with E-state index in [4.69, 9.17) is 17.5 Å². The van der Waals surface area contributed by atoms with Gasteiger partial charge in [-0.3, -0.25) is 0 Å². The first kappa shape index (κ1) is 15.0. The van der Waals surface area contributed by atoms with Crippen molar-refractivity contribution in [2.45, 2.75) is 19.9 Å². The van der Waals surface area contributed by atoms with Crippen molar-refractivity contribution in [1.82, 2.24) is 5.32 Å². The van der Waals surface area contributed by atoms with E-state index in [1.54, 1.807) is 0 Å². The van der Waals surface area contributed by atoms with Crippen molar-refractivity contribution in [3.63, 3.8) is 0 Å². The lowest BCUT2D eigenvalue weighted by Crippen LogP contribution is -2.27. The fourth-order valence-corrected chi connectivity index (χ4v) is 2.05. The molecule has 2 aromatic carbocycles. The van der Waals surface area contributed by atoms with Gasteiger partial charge in [-0.2, -0.15) is 5.26 Å². The largest absolute Gasteiger partial charge is 0.358 e. The van der Waals surface area contributed by atoms with Gasteiger partial charge in [0.1, 0.15) is 0 Å². The molecule has 2 rings (SSSR count). The molecule has 0 heterocycles. The Hall–Kier alpha value is -2.38. The Balaban J connectivity index is 1.84. The van der Waals surface area contributed by atoms with Crippen LogP contribution in [0.5, 0.6) is 0 Å². The van der Waals surface area contributed by atoms with Crippen LogP contribution in [0, 0.1) is 18.3 Å². The van der Waals surface area contributed by atoms with Gasteiger partial charge in [-0.15, -0.1) is 0 Å². The standard InChI is InChI=1S/C17H17N3S/c1-13-2-4-15(5-3-13)12-19-17(21)20-16-8-6-14(7-9-16)10-11-18/h2-9H,10,12H2,1H3,(H2,19,20,21). The topological polar surface area (TPSA) is 47.8 Å². The lowest BCUT2D eigenvalue weighted by molar-refractivity contribution is 0.925. The second kappa shape index (κ2) is 7.41. The molecule has 0 atom stereocenters. The highest BCUT2D eigenvalue weighted by Crippen LogP contribution is 2.10. The van der Waals surface area contributed by atoms with Crippen LogP contribution in [0.4, 0.5) is 5.69 Å². The van der Waals surface area contributed by atoms with E-state index >= 15 is 0 Å². The van der Waals surface area contributed by atoms with E-state index in [-0.39, 0.29) is 0 Å². The van der Waals surface area contributed by atoms with Crippen LogP contribution >= 0.6 is 12.2 Å². The number of benzene rings is 2. The van der Waals surface area contributed by atoms with Gasteiger partial charge in [0.2, 0.25) is 0 Å². The zero-order valence-electron chi connectivity index (χ0n) is 11.9. The molecule has 0 radical (unpaired) electrons. The molecule has 0 bridgehead atoms. The highest BCUT2D eigenvalue weighted by Gasteiger charge is 1.99. The highest BCUT2D eigenvalue weighted by molar-refractivity contribution is 7.80. The highest BCUT2D eigenvalue weighted by atomic mass is 32.1. The Morgan fingerprint density at radius 1 is 1.05 bits per heavy atom. The predicted molar refractivity (Wildman–Crippen MR) is 90.0 cm³/mol. The Morgan fingerprint density at radius 3 is 2.29 bits per heavy atom. The molecule has 21 heavy (non-hydrogen) atoms. The molecule has 0 aromatic heterocycles. The number of hydrogen-bond donors (Lipinski definition) is 2. The minimum Gasteiger partial charge on any atom is -0.358 e. The zero-order chi connectivity index (χ0) is 15.1. The Kier molecular flexibility index (Phi) is 5.30. The molecule has 0 saturated carbocycles. The maximum atomic E-state index is 8.63.